The van der Waals surface area contributed by atoms with Crippen molar-refractivity contribution in [1.82, 2.24) is 4.90 Å². The molecule has 1 unspecified atom stereocenters. The standard InChI is InChI=1S/C29H34ClNO4/c1-5-35-23-16-13-19(17-22(23)29(2,3)4)26(32)24-25(18-11-14-20(30)15-12-18)31(28(34)27(24)33)21-9-7-6-8-10-21/h11-17,21,25,32H,5-10H2,1-4H3/b26-24-. The van der Waals surface area contributed by atoms with Gasteiger partial charge in [-0.25, -0.2) is 0 Å². The minimum absolute atomic E-state index is 0.0309. The van der Waals surface area contributed by atoms with E-state index in [0.717, 1.165) is 49.0 Å². The van der Waals surface area contributed by atoms with Crippen molar-refractivity contribution in [2.24, 2.45) is 0 Å². The van der Waals surface area contributed by atoms with Gasteiger partial charge in [0.25, 0.3) is 11.7 Å². The molecule has 35 heavy (non-hydrogen) atoms. The first-order chi connectivity index (χ1) is 16.6. The van der Waals surface area contributed by atoms with Crippen molar-refractivity contribution in [2.75, 3.05) is 6.61 Å². The van der Waals surface area contributed by atoms with Gasteiger partial charge < -0.3 is 14.7 Å². The maximum atomic E-state index is 13.4. The Bertz CT molecular complexity index is 1140. The van der Waals surface area contributed by atoms with E-state index in [1.165, 1.54) is 0 Å². The monoisotopic (exact) mass is 495 g/mol. The number of aliphatic hydroxyl groups is 1. The van der Waals surface area contributed by atoms with Crippen LogP contribution < -0.4 is 4.74 Å². The number of likely N-dealkylation sites (tertiary alicyclic amines) is 1. The zero-order valence-corrected chi connectivity index (χ0v) is 21.7. The molecule has 1 saturated carbocycles. The van der Waals surface area contributed by atoms with Crippen molar-refractivity contribution in [3.05, 3.63) is 69.8 Å². The Hall–Kier alpha value is -2.79. The Kier molecular flexibility index (Phi) is 7.27. The highest BCUT2D eigenvalue weighted by atomic mass is 35.5. The summed E-state index contributed by atoms with van der Waals surface area (Å²) in [7, 11) is 0. The van der Waals surface area contributed by atoms with Crippen LogP contribution >= 0.6 is 11.6 Å². The van der Waals surface area contributed by atoms with E-state index in [-0.39, 0.29) is 22.8 Å². The second kappa shape index (κ2) is 10.1. The molecule has 1 aliphatic heterocycles. The van der Waals surface area contributed by atoms with Crippen molar-refractivity contribution >= 4 is 29.1 Å². The fourth-order valence-corrected chi connectivity index (χ4v) is 5.38. The molecule has 2 fully saturated rings. The number of aliphatic hydroxyl groups excluding tert-OH is 1. The first kappa shape index (κ1) is 25.3. The number of hydrogen-bond donors (Lipinski definition) is 1. The number of rotatable bonds is 5. The summed E-state index contributed by atoms with van der Waals surface area (Å²) in [6.45, 7) is 8.68. The summed E-state index contributed by atoms with van der Waals surface area (Å²) in [5.41, 5.74) is 2.08. The third-order valence-electron chi connectivity index (χ3n) is 6.99. The molecule has 1 atom stereocenters. The number of hydrogen-bond acceptors (Lipinski definition) is 4. The van der Waals surface area contributed by atoms with E-state index < -0.39 is 17.7 Å². The average Bonchev–Trinajstić information content (AvgIpc) is 3.10. The number of ketones is 1. The van der Waals surface area contributed by atoms with Gasteiger partial charge in [-0.05, 0) is 61.1 Å². The molecule has 1 N–H and O–H groups in total. The molecule has 2 aromatic carbocycles. The summed E-state index contributed by atoms with van der Waals surface area (Å²) in [5.74, 6) is -0.594. The van der Waals surface area contributed by atoms with Gasteiger partial charge in [0.05, 0.1) is 18.2 Å². The number of nitrogens with zero attached hydrogens (tertiary/aromatic N) is 1. The van der Waals surface area contributed by atoms with Gasteiger partial charge in [0, 0.05) is 22.2 Å². The molecule has 2 aliphatic rings. The van der Waals surface area contributed by atoms with Crippen LogP contribution in [0.1, 0.15) is 82.5 Å². The van der Waals surface area contributed by atoms with Gasteiger partial charge in [0.1, 0.15) is 11.5 Å². The van der Waals surface area contributed by atoms with Gasteiger partial charge in [0.15, 0.2) is 0 Å². The number of Topliss-reactive ketones (excluding diaryl/α,β-unsaturated/α-hetero) is 1. The normalized spacial score (nSPS) is 20.9. The predicted octanol–water partition coefficient (Wildman–Crippen LogP) is 6.79. The predicted molar refractivity (Wildman–Crippen MR) is 139 cm³/mol. The smallest absolute Gasteiger partial charge is 0.295 e. The Morgan fingerprint density at radius 3 is 2.31 bits per heavy atom. The molecule has 5 nitrogen and oxygen atoms in total. The SMILES string of the molecule is CCOc1ccc(/C(O)=C2/C(=O)C(=O)N(C3CCCCC3)C2c2ccc(Cl)cc2)cc1C(C)(C)C. The number of amides is 1. The van der Waals surface area contributed by atoms with Crippen molar-refractivity contribution in [3.63, 3.8) is 0 Å². The van der Waals surface area contributed by atoms with Gasteiger partial charge in [-0.1, -0.05) is 63.8 Å². The Labute approximate surface area is 212 Å². The summed E-state index contributed by atoms with van der Waals surface area (Å²) in [6.07, 6.45) is 4.89. The lowest BCUT2D eigenvalue weighted by molar-refractivity contribution is -0.141. The van der Waals surface area contributed by atoms with E-state index in [1.54, 1.807) is 23.1 Å². The van der Waals surface area contributed by atoms with E-state index in [0.29, 0.717) is 17.2 Å². The highest BCUT2D eigenvalue weighted by Crippen LogP contribution is 2.44. The molecular formula is C29H34ClNO4. The van der Waals surface area contributed by atoms with Gasteiger partial charge in [-0.15, -0.1) is 0 Å². The molecule has 0 radical (unpaired) electrons. The Balaban J connectivity index is 1.88. The van der Waals surface area contributed by atoms with E-state index in [4.69, 9.17) is 16.3 Å². The third-order valence-corrected chi connectivity index (χ3v) is 7.25. The van der Waals surface area contributed by atoms with Crippen LogP contribution in [0.4, 0.5) is 0 Å². The van der Waals surface area contributed by atoms with Crippen molar-refractivity contribution in [1.29, 1.82) is 0 Å². The first-order valence-electron chi connectivity index (χ1n) is 12.5. The molecule has 0 bridgehead atoms. The second-order valence-electron chi connectivity index (χ2n) is 10.4. The van der Waals surface area contributed by atoms with Crippen molar-refractivity contribution < 1.29 is 19.4 Å². The summed E-state index contributed by atoms with van der Waals surface area (Å²) >= 11 is 6.14. The van der Waals surface area contributed by atoms with Gasteiger partial charge in [-0.2, -0.15) is 0 Å². The highest BCUT2D eigenvalue weighted by molar-refractivity contribution is 6.46. The maximum Gasteiger partial charge on any atom is 0.295 e. The minimum atomic E-state index is -0.653. The average molecular weight is 496 g/mol. The molecule has 1 amide bonds. The first-order valence-corrected chi connectivity index (χ1v) is 12.8. The molecule has 1 saturated heterocycles. The van der Waals surface area contributed by atoms with Crippen LogP contribution in [0.15, 0.2) is 48.0 Å². The molecule has 0 aromatic heterocycles. The quantitative estimate of drug-likeness (QED) is 0.281. The molecular weight excluding hydrogens is 462 g/mol. The summed E-state index contributed by atoms with van der Waals surface area (Å²) in [5, 5.41) is 12.1. The van der Waals surface area contributed by atoms with Gasteiger partial charge >= 0.3 is 0 Å². The molecule has 0 spiro atoms. The van der Waals surface area contributed by atoms with Crippen LogP contribution in [0.5, 0.6) is 5.75 Å². The minimum Gasteiger partial charge on any atom is -0.507 e. The topological polar surface area (TPSA) is 66.8 Å². The lowest BCUT2D eigenvalue weighted by Crippen LogP contribution is -2.40. The maximum absolute atomic E-state index is 13.4. The molecule has 1 aliphatic carbocycles. The lowest BCUT2D eigenvalue weighted by Gasteiger charge is -2.35. The molecule has 1 heterocycles. The molecule has 2 aromatic rings. The van der Waals surface area contributed by atoms with Crippen LogP contribution in [0, 0.1) is 0 Å². The van der Waals surface area contributed by atoms with Crippen LogP contribution in [0.3, 0.4) is 0 Å². The number of halogens is 1. The fraction of sp³-hybridized carbons (Fsp3) is 0.448. The summed E-state index contributed by atoms with van der Waals surface area (Å²) in [4.78, 5) is 28.5. The van der Waals surface area contributed by atoms with Crippen LogP contribution in [0.2, 0.25) is 5.02 Å². The molecule has 186 valence electrons. The molecule has 6 heteroatoms. The Morgan fingerprint density at radius 1 is 1.06 bits per heavy atom. The van der Waals surface area contributed by atoms with E-state index in [1.807, 2.05) is 31.2 Å². The fourth-order valence-electron chi connectivity index (χ4n) is 5.26. The lowest BCUT2D eigenvalue weighted by atomic mass is 9.84. The van der Waals surface area contributed by atoms with Crippen molar-refractivity contribution in [3.8, 4) is 5.75 Å². The zero-order valence-electron chi connectivity index (χ0n) is 20.9. The van der Waals surface area contributed by atoms with Gasteiger partial charge in [-0.3, -0.25) is 9.59 Å². The number of carbonyl (C=O) groups is 2. The number of benzene rings is 2. The largest absolute Gasteiger partial charge is 0.507 e. The molecule has 4 rings (SSSR count). The van der Waals surface area contributed by atoms with Crippen molar-refractivity contribution in [2.45, 2.75) is 77.3 Å². The van der Waals surface area contributed by atoms with Crippen LogP contribution in [-0.2, 0) is 15.0 Å². The third kappa shape index (κ3) is 4.97. The van der Waals surface area contributed by atoms with Gasteiger partial charge in [0.2, 0.25) is 0 Å². The number of carbonyl (C=O) groups excluding carboxylic acids is 2. The Morgan fingerprint density at radius 2 is 1.71 bits per heavy atom. The summed E-state index contributed by atoms with van der Waals surface area (Å²) in [6, 6.07) is 11.9. The highest BCUT2D eigenvalue weighted by Gasteiger charge is 2.48. The van der Waals surface area contributed by atoms with E-state index in [2.05, 4.69) is 20.8 Å². The van der Waals surface area contributed by atoms with E-state index >= 15 is 0 Å². The second-order valence-corrected chi connectivity index (χ2v) is 10.9. The zero-order chi connectivity index (χ0) is 25.3. The number of ether oxygens (including phenoxy) is 1. The van der Waals surface area contributed by atoms with Crippen LogP contribution in [-0.4, -0.2) is 34.3 Å². The van der Waals surface area contributed by atoms with E-state index in [9.17, 15) is 14.7 Å². The summed E-state index contributed by atoms with van der Waals surface area (Å²) < 4.78 is 5.82. The van der Waals surface area contributed by atoms with Crippen LogP contribution in [0.25, 0.3) is 5.76 Å².